The Morgan fingerprint density at radius 2 is 2.12 bits per heavy atom. The number of carbonyl (C=O) groups is 1. The zero-order valence-electron chi connectivity index (χ0n) is 10.2. The molecule has 0 spiro atoms. The molecule has 1 N–H and O–H groups in total. The second-order valence-electron chi connectivity index (χ2n) is 4.91. The van der Waals surface area contributed by atoms with Crippen LogP contribution in [-0.4, -0.2) is 19.1 Å². The Morgan fingerprint density at radius 3 is 2.71 bits per heavy atom. The monoisotopic (exact) mass is 237 g/mol. The van der Waals surface area contributed by atoms with Crippen LogP contribution in [0.2, 0.25) is 0 Å². The molecule has 1 aliphatic rings. The molecule has 2 rings (SSSR count). The fourth-order valence-electron chi connectivity index (χ4n) is 2.60. The maximum atomic E-state index is 10.6. The quantitative estimate of drug-likeness (QED) is 0.801. The molecule has 0 aliphatic heterocycles. The molecule has 0 aromatic carbocycles. The molecule has 0 saturated heterocycles. The van der Waals surface area contributed by atoms with Gasteiger partial charge in [-0.1, -0.05) is 6.42 Å². The standard InChI is InChI=1S/C13H19NO3/c1-14(10-5-3-2-4-6-10)9-11-7-8-12(17-11)13(15)16/h7-8,10H,2-6,9H2,1H3,(H,15,16). The predicted molar refractivity (Wildman–Crippen MR) is 60.5 cm³/mol. The van der Waals surface area contributed by atoms with Gasteiger partial charge in [-0.15, -0.1) is 0 Å². The molecule has 1 aromatic heterocycles. The van der Waals surface area contributed by atoms with Crippen molar-refractivity contribution >= 4 is 5.97 Å². The summed E-state index contributed by atoms with van der Waals surface area (Å²) < 4.78 is 5.22. The Bertz CT molecular complexity index is 380. The Balaban J connectivity index is 1.92. The lowest BCUT2D eigenvalue weighted by atomic mass is 9.94. The summed E-state index contributed by atoms with van der Waals surface area (Å²) in [5.74, 6) is -0.588. The van der Waals surface area contributed by atoms with E-state index in [2.05, 4.69) is 7.05 Å². The molecule has 1 saturated carbocycles. The van der Waals surface area contributed by atoms with E-state index in [1.807, 2.05) is 0 Å². The normalized spacial score (nSPS) is 19.1. The van der Waals surface area contributed by atoms with E-state index in [1.54, 1.807) is 6.07 Å². The first-order valence-electron chi connectivity index (χ1n) is 6.29. The number of rotatable bonds is 4. The number of carbonyl (C=O) groups excluding carboxylic acids is 1. The van der Waals surface area contributed by atoms with Crippen LogP contribution in [0.15, 0.2) is 16.5 Å². The summed E-state index contributed by atoms with van der Waals surface area (Å²) in [4.78, 5) is 12.0. The van der Waals surface area contributed by atoms with Gasteiger partial charge in [0.2, 0.25) is 0 Å². The van der Waals surface area contributed by atoms with E-state index >= 15 is 0 Å². The van der Waals surface area contributed by atoms with Gasteiger partial charge in [-0.05, 0) is 37.8 Å². The summed E-state index contributed by atoms with van der Waals surface area (Å²) in [5.41, 5.74) is 0. The number of hydrogen-bond donors (Lipinski definition) is 1. The molecular formula is C13H19NO3. The smallest absolute Gasteiger partial charge is 0.159 e. The molecule has 0 radical (unpaired) electrons. The molecule has 1 fully saturated rings. The van der Waals surface area contributed by atoms with Crippen molar-refractivity contribution in [2.75, 3.05) is 7.05 Å². The Morgan fingerprint density at radius 1 is 1.41 bits per heavy atom. The van der Waals surface area contributed by atoms with E-state index in [4.69, 9.17) is 4.42 Å². The fourth-order valence-corrected chi connectivity index (χ4v) is 2.60. The van der Waals surface area contributed by atoms with Crippen molar-refractivity contribution in [3.63, 3.8) is 0 Å². The maximum Gasteiger partial charge on any atom is 0.159 e. The van der Waals surface area contributed by atoms with Crippen LogP contribution in [0.4, 0.5) is 0 Å². The van der Waals surface area contributed by atoms with Gasteiger partial charge in [0.25, 0.3) is 0 Å². The highest BCUT2D eigenvalue weighted by molar-refractivity contribution is 5.82. The topological polar surface area (TPSA) is 57.7 Å². The van der Waals surface area contributed by atoms with Crippen molar-refractivity contribution in [2.45, 2.75) is 44.7 Å². The zero-order chi connectivity index (χ0) is 12.3. The largest absolute Gasteiger partial charge is 0.542 e. The van der Waals surface area contributed by atoms with E-state index in [0.717, 1.165) is 12.3 Å². The number of carboxylic acids is 1. The number of quaternary nitrogens is 1. The second kappa shape index (κ2) is 5.36. The molecule has 94 valence electrons. The number of furan rings is 1. The van der Waals surface area contributed by atoms with Gasteiger partial charge in [0, 0.05) is 0 Å². The van der Waals surface area contributed by atoms with Crippen molar-refractivity contribution in [1.82, 2.24) is 0 Å². The summed E-state index contributed by atoms with van der Waals surface area (Å²) in [6, 6.07) is 3.89. The molecule has 1 atom stereocenters. The van der Waals surface area contributed by atoms with Crippen LogP contribution in [0.1, 0.15) is 48.4 Å². The Kier molecular flexibility index (Phi) is 3.84. The highest BCUT2D eigenvalue weighted by Crippen LogP contribution is 2.15. The molecule has 1 unspecified atom stereocenters. The molecule has 17 heavy (non-hydrogen) atoms. The second-order valence-corrected chi connectivity index (χ2v) is 4.91. The summed E-state index contributed by atoms with van der Waals surface area (Å²) in [7, 11) is 2.15. The molecule has 4 heteroatoms. The summed E-state index contributed by atoms with van der Waals surface area (Å²) in [5, 5.41) is 10.6. The van der Waals surface area contributed by atoms with Gasteiger partial charge in [-0.25, -0.2) is 0 Å². The van der Waals surface area contributed by atoms with E-state index in [0.29, 0.717) is 6.04 Å². The van der Waals surface area contributed by atoms with Crippen molar-refractivity contribution < 1.29 is 19.2 Å². The summed E-state index contributed by atoms with van der Waals surface area (Å²) >= 11 is 0. The van der Waals surface area contributed by atoms with Crippen LogP contribution in [0.5, 0.6) is 0 Å². The summed E-state index contributed by atoms with van der Waals surface area (Å²) in [6.07, 6.45) is 6.49. The highest BCUT2D eigenvalue weighted by atomic mass is 16.4. The third-order valence-corrected chi connectivity index (χ3v) is 3.62. The first-order valence-corrected chi connectivity index (χ1v) is 6.29. The van der Waals surface area contributed by atoms with E-state index in [9.17, 15) is 9.90 Å². The summed E-state index contributed by atoms with van der Waals surface area (Å²) in [6.45, 7) is 0.748. The number of aromatic carboxylic acids is 1. The average Bonchev–Trinajstić information content (AvgIpc) is 2.79. The maximum absolute atomic E-state index is 10.6. The molecule has 0 bridgehead atoms. The minimum Gasteiger partial charge on any atom is -0.542 e. The first-order chi connectivity index (χ1) is 8.16. The van der Waals surface area contributed by atoms with E-state index in [-0.39, 0.29) is 5.76 Å². The van der Waals surface area contributed by atoms with Crippen LogP contribution in [0, 0.1) is 0 Å². The molecule has 0 amide bonds. The zero-order valence-corrected chi connectivity index (χ0v) is 10.2. The molecule has 4 nitrogen and oxygen atoms in total. The lowest BCUT2D eigenvalue weighted by molar-refractivity contribution is -0.922. The number of carboxylic acid groups (broad SMARTS) is 1. The molecule has 1 aromatic rings. The minimum atomic E-state index is -1.24. The van der Waals surface area contributed by atoms with Gasteiger partial charge in [-0.2, -0.15) is 0 Å². The molecule has 1 heterocycles. The van der Waals surface area contributed by atoms with Crippen molar-refractivity contribution in [3.05, 3.63) is 23.7 Å². The van der Waals surface area contributed by atoms with Gasteiger partial charge >= 0.3 is 0 Å². The lowest BCUT2D eigenvalue weighted by Crippen LogP contribution is -3.11. The van der Waals surface area contributed by atoms with Crippen molar-refractivity contribution in [1.29, 1.82) is 0 Å². The van der Waals surface area contributed by atoms with Crippen LogP contribution in [0.3, 0.4) is 0 Å². The third kappa shape index (κ3) is 3.09. The minimum absolute atomic E-state index is 0.0727. The van der Waals surface area contributed by atoms with Crippen LogP contribution in [-0.2, 0) is 6.54 Å². The van der Waals surface area contributed by atoms with E-state index in [1.165, 1.54) is 43.1 Å². The average molecular weight is 237 g/mol. The van der Waals surface area contributed by atoms with E-state index < -0.39 is 5.97 Å². The van der Waals surface area contributed by atoms with Gasteiger partial charge in [0.15, 0.2) is 5.76 Å². The van der Waals surface area contributed by atoms with Gasteiger partial charge in [-0.3, -0.25) is 0 Å². The van der Waals surface area contributed by atoms with Crippen molar-refractivity contribution in [3.8, 4) is 0 Å². The van der Waals surface area contributed by atoms with Crippen LogP contribution < -0.4 is 10.0 Å². The van der Waals surface area contributed by atoms with Gasteiger partial charge in [0.05, 0.1) is 13.1 Å². The van der Waals surface area contributed by atoms with Gasteiger partial charge in [0.1, 0.15) is 18.3 Å². The molecular weight excluding hydrogens is 218 g/mol. The molecule has 1 aliphatic carbocycles. The Hall–Kier alpha value is -1.29. The van der Waals surface area contributed by atoms with Gasteiger partial charge < -0.3 is 19.2 Å². The third-order valence-electron chi connectivity index (χ3n) is 3.62. The van der Waals surface area contributed by atoms with Crippen molar-refractivity contribution in [2.24, 2.45) is 0 Å². The fraction of sp³-hybridized carbons (Fsp3) is 0.615. The predicted octanol–water partition coefficient (Wildman–Crippen LogP) is -0.00950. The lowest BCUT2D eigenvalue weighted by Gasteiger charge is -2.27. The highest BCUT2D eigenvalue weighted by Gasteiger charge is 2.22. The first kappa shape index (κ1) is 12.2. The van der Waals surface area contributed by atoms with Crippen LogP contribution >= 0.6 is 0 Å². The van der Waals surface area contributed by atoms with Crippen LogP contribution in [0.25, 0.3) is 0 Å². The number of hydrogen-bond acceptors (Lipinski definition) is 3. The Labute approximate surface area is 101 Å². The SMILES string of the molecule is C[NH+](Cc1ccc(C(=O)[O-])o1)C1CCCCC1. The number of nitrogens with one attached hydrogen (secondary N) is 1.